The van der Waals surface area contributed by atoms with E-state index in [9.17, 15) is 14.8 Å². The molecule has 1 atom stereocenters. The fourth-order valence-electron chi connectivity index (χ4n) is 1.76. The number of nitrogens with one attached hydrogen (secondary N) is 2. The first-order valence-corrected chi connectivity index (χ1v) is 5.82. The lowest BCUT2D eigenvalue weighted by Gasteiger charge is -2.28. The zero-order valence-corrected chi connectivity index (χ0v) is 10.9. The molecule has 2 rings (SSSR count). The number of fused-ring (bicyclic) bond motifs is 1. The van der Waals surface area contributed by atoms with E-state index in [1.54, 1.807) is 20.8 Å². The Morgan fingerprint density at radius 1 is 1.63 bits per heavy atom. The van der Waals surface area contributed by atoms with Gasteiger partial charge in [0.1, 0.15) is 11.6 Å². The third-order valence-corrected chi connectivity index (χ3v) is 2.53. The number of carbonyl (C=O) groups is 2. The number of alkyl carbamates (subject to hydrolysis) is 1. The number of hydroxylamine groups is 1. The molecule has 0 aliphatic carbocycles. The lowest BCUT2D eigenvalue weighted by molar-refractivity contribution is -0.126. The second-order valence-corrected chi connectivity index (χ2v) is 5.30. The van der Waals surface area contributed by atoms with Gasteiger partial charge in [-0.1, -0.05) is 0 Å². The summed E-state index contributed by atoms with van der Waals surface area (Å²) in [6, 6.07) is -0.870. The number of hydrogen-bond donors (Lipinski definition) is 3. The van der Waals surface area contributed by atoms with E-state index < -0.39 is 23.6 Å². The summed E-state index contributed by atoms with van der Waals surface area (Å²) in [6.45, 7) is 5.17. The summed E-state index contributed by atoms with van der Waals surface area (Å²) in [5.41, 5.74) is -0.00948. The van der Waals surface area contributed by atoms with Gasteiger partial charge in [0.15, 0.2) is 5.82 Å². The van der Waals surface area contributed by atoms with E-state index in [2.05, 4.69) is 15.5 Å². The SMILES string of the molecule is CC(C)(C)OC(=O)N[C@H]1Cc2cn[nH]c2N(O)C1=O. The van der Waals surface area contributed by atoms with Crippen LogP contribution in [-0.2, 0) is 16.0 Å². The molecule has 0 unspecified atom stereocenters. The van der Waals surface area contributed by atoms with Crippen LogP contribution in [0.25, 0.3) is 0 Å². The van der Waals surface area contributed by atoms with Gasteiger partial charge in [-0.25, -0.2) is 4.79 Å². The molecule has 2 amide bonds. The molecule has 1 aliphatic heterocycles. The molecule has 0 bridgehead atoms. The van der Waals surface area contributed by atoms with E-state index in [1.807, 2.05) is 0 Å². The number of hydrogen-bond acceptors (Lipinski definition) is 5. The van der Waals surface area contributed by atoms with Gasteiger partial charge in [0.05, 0.1) is 6.20 Å². The predicted octanol–water partition coefficient (Wildman–Crippen LogP) is 0.581. The van der Waals surface area contributed by atoms with Gasteiger partial charge in [0, 0.05) is 12.0 Å². The molecule has 8 heteroatoms. The average Bonchev–Trinajstić information content (AvgIpc) is 2.71. The maximum atomic E-state index is 11.8. The lowest BCUT2D eigenvalue weighted by atomic mass is 10.0. The number of carbonyl (C=O) groups excluding carboxylic acids is 2. The Bertz CT molecular complexity index is 505. The molecule has 1 aliphatic rings. The maximum absolute atomic E-state index is 11.8. The lowest BCUT2D eigenvalue weighted by Crippen LogP contribution is -2.52. The monoisotopic (exact) mass is 268 g/mol. The largest absolute Gasteiger partial charge is 0.444 e. The van der Waals surface area contributed by atoms with Gasteiger partial charge in [-0.3, -0.25) is 15.1 Å². The molecule has 3 N–H and O–H groups in total. The van der Waals surface area contributed by atoms with Gasteiger partial charge in [-0.2, -0.15) is 10.2 Å². The second-order valence-electron chi connectivity index (χ2n) is 5.30. The average molecular weight is 268 g/mol. The third-order valence-electron chi connectivity index (χ3n) is 2.53. The molecule has 0 saturated carbocycles. The smallest absolute Gasteiger partial charge is 0.408 e. The van der Waals surface area contributed by atoms with Crippen molar-refractivity contribution < 1.29 is 19.5 Å². The normalized spacial score (nSPS) is 19.1. The van der Waals surface area contributed by atoms with Gasteiger partial charge < -0.3 is 10.1 Å². The van der Waals surface area contributed by atoms with Gasteiger partial charge in [0.2, 0.25) is 0 Å². The molecular formula is C11H16N4O4. The maximum Gasteiger partial charge on any atom is 0.408 e. The van der Waals surface area contributed by atoms with Gasteiger partial charge in [-0.05, 0) is 20.8 Å². The highest BCUT2D eigenvalue weighted by atomic mass is 16.6. The summed E-state index contributed by atoms with van der Waals surface area (Å²) < 4.78 is 5.07. The van der Waals surface area contributed by atoms with Crippen molar-refractivity contribution in [1.29, 1.82) is 0 Å². The summed E-state index contributed by atoms with van der Waals surface area (Å²) in [5.74, 6) is -0.408. The van der Waals surface area contributed by atoms with E-state index in [0.717, 1.165) is 0 Å². The quantitative estimate of drug-likeness (QED) is 0.646. The number of aromatic amines is 1. The van der Waals surface area contributed by atoms with Crippen molar-refractivity contribution in [1.82, 2.24) is 15.5 Å². The van der Waals surface area contributed by atoms with Crippen LogP contribution in [0.1, 0.15) is 26.3 Å². The molecule has 0 radical (unpaired) electrons. The Morgan fingerprint density at radius 3 is 2.95 bits per heavy atom. The molecule has 0 spiro atoms. The summed E-state index contributed by atoms with van der Waals surface area (Å²) in [6.07, 6.45) is 1.04. The van der Waals surface area contributed by atoms with E-state index in [-0.39, 0.29) is 12.2 Å². The van der Waals surface area contributed by atoms with Crippen molar-refractivity contribution in [3.05, 3.63) is 11.8 Å². The number of ether oxygens (including phenoxy) is 1. The van der Waals surface area contributed by atoms with Crippen molar-refractivity contribution in [3.63, 3.8) is 0 Å². The predicted molar refractivity (Wildman–Crippen MR) is 64.7 cm³/mol. The van der Waals surface area contributed by atoms with E-state index in [1.165, 1.54) is 6.20 Å². The third kappa shape index (κ3) is 2.84. The molecule has 104 valence electrons. The molecule has 0 saturated heterocycles. The molecule has 1 aromatic heterocycles. The molecular weight excluding hydrogens is 252 g/mol. The van der Waals surface area contributed by atoms with Crippen molar-refractivity contribution >= 4 is 17.8 Å². The number of amides is 2. The van der Waals surface area contributed by atoms with Crippen LogP contribution in [-0.4, -0.2) is 39.0 Å². The van der Waals surface area contributed by atoms with Crippen LogP contribution in [0, 0.1) is 0 Å². The van der Waals surface area contributed by atoms with Crippen LogP contribution in [0.15, 0.2) is 6.20 Å². The first-order chi connectivity index (χ1) is 8.78. The molecule has 1 aromatic rings. The van der Waals surface area contributed by atoms with E-state index >= 15 is 0 Å². The van der Waals surface area contributed by atoms with Crippen LogP contribution >= 0.6 is 0 Å². The number of rotatable bonds is 1. The minimum atomic E-state index is -0.870. The van der Waals surface area contributed by atoms with Crippen LogP contribution in [0.4, 0.5) is 10.6 Å². The van der Waals surface area contributed by atoms with Gasteiger partial charge in [0.25, 0.3) is 5.91 Å². The van der Waals surface area contributed by atoms with E-state index in [4.69, 9.17) is 4.74 Å². The molecule has 8 nitrogen and oxygen atoms in total. The fraction of sp³-hybridized carbons (Fsp3) is 0.545. The first-order valence-electron chi connectivity index (χ1n) is 5.82. The number of anilines is 1. The Kier molecular flexibility index (Phi) is 3.19. The van der Waals surface area contributed by atoms with Gasteiger partial charge >= 0.3 is 6.09 Å². The van der Waals surface area contributed by atoms with Crippen molar-refractivity contribution in [2.24, 2.45) is 0 Å². The number of nitrogens with zero attached hydrogens (tertiary/aromatic N) is 2. The van der Waals surface area contributed by atoms with Crippen LogP contribution in [0.2, 0.25) is 0 Å². The Hall–Kier alpha value is -2.09. The molecule has 2 heterocycles. The summed E-state index contributed by atoms with van der Waals surface area (Å²) >= 11 is 0. The van der Waals surface area contributed by atoms with Crippen LogP contribution in [0.5, 0.6) is 0 Å². The summed E-state index contributed by atoms with van der Waals surface area (Å²) in [7, 11) is 0. The van der Waals surface area contributed by atoms with Crippen molar-refractivity contribution in [2.75, 3.05) is 5.06 Å². The van der Waals surface area contributed by atoms with Crippen LogP contribution < -0.4 is 10.4 Å². The minimum Gasteiger partial charge on any atom is -0.444 e. The second kappa shape index (κ2) is 4.54. The fourth-order valence-corrected chi connectivity index (χ4v) is 1.76. The highest BCUT2D eigenvalue weighted by Gasteiger charge is 2.35. The Morgan fingerprint density at radius 2 is 2.32 bits per heavy atom. The van der Waals surface area contributed by atoms with Crippen molar-refractivity contribution in [2.45, 2.75) is 38.8 Å². The topological polar surface area (TPSA) is 108 Å². The summed E-state index contributed by atoms with van der Waals surface area (Å²) in [4.78, 5) is 23.5. The van der Waals surface area contributed by atoms with E-state index in [0.29, 0.717) is 10.6 Å². The summed E-state index contributed by atoms with van der Waals surface area (Å²) in [5, 5.41) is 18.8. The number of aromatic nitrogens is 2. The van der Waals surface area contributed by atoms with Crippen LogP contribution in [0.3, 0.4) is 0 Å². The highest BCUT2D eigenvalue weighted by Crippen LogP contribution is 2.23. The Labute approximate surface area is 109 Å². The van der Waals surface area contributed by atoms with Gasteiger partial charge in [-0.15, -0.1) is 0 Å². The standard InChI is InChI=1S/C11H16N4O4/c1-11(2,3)19-10(17)13-7-4-6-5-12-14-8(6)15(18)9(7)16/h5,7,18H,4H2,1-3H3,(H,12,14)(H,13,17)/t7-/m0/s1. The van der Waals surface area contributed by atoms with Crippen molar-refractivity contribution in [3.8, 4) is 0 Å². The zero-order valence-electron chi connectivity index (χ0n) is 10.9. The minimum absolute atomic E-state index is 0.229. The molecule has 0 fully saturated rings. The number of H-pyrrole nitrogens is 1. The molecule has 19 heavy (non-hydrogen) atoms. The zero-order chi connectivity index (χ0) is 14.2. The first kappa shape index (κ1) is 13.3. The molecule has 0 aromatic carbocycles. The highest BCUT2D eigenvalue weighted by molar-refractivity contribution is 5.98. The Balaban J connectivity index is 2.07.